The number of aromatic nitrogens is 2. The van der Waals surface area contributed by atoms with Crippen LogP contribution in [0.3, 0.4) is 0 Å². The van der Waals surface area contributed by atoms with Crippen LogP contribution in [0.1, 0.15) is 24.4 Å². The zero-order valence-electron chi connectivity index (χ0n) is 12.0. The minimum absolute atomic E-state index is 0.501. The Bertz CT molecular complexity index is 586. The number of rotatable bonds is 3. The van der Waals surface area contributed by atoms with Gasteiger partial charge >= 0.3 is 0 Å². The summed E-state index contributed by atoms with van der Waals surface area (Å²) < 4.78 is 13.1. The zero-order chi connectivity index (χ0) is 13.9. The molecule has 0 radical (unpaired) electrons. The quantitative estimate of drug-likeness (QED) is 0.860. The predicted octanol–water partition coefficient (Wildman–Crippen LogP) is 3.22. The van der Waals surface area contributed by atoms with Gasteiger partial charge in [0.05, 0.1) is 19.1 Å². The molecule has 1 aliphatic heterocycles. The van der Waals surface area contributed by atoms with Crippen molar-refractivity contribution in [1.82, 2.24) is 9.55 Å². The Kier molecular flexibility index (Phi) is 3.74. The van der Waals surface area contributed by atoms with Gasteiger partial charge in [-0.15, -0.1) is 0 Å². The fourth-order valence-electron chi connectivity index (χ4n) is 2.67. The summed E-state index contributed by atoms with van der Waals surface area (Å²) in [4.78, 5) is 4.54. The molecule has 0 amide bonds. The van der Waals surface area contributed by atoms with Gasteiger partial charge in [-0.3, -0.25) is 0 Å². The van der Waals surface area contributed by atoms with E-state index in [0.717, 1.165) is 43.1 Å². The third-order valence-corrected chi connectivity index (χ3v) is 3.85. The van der Waals surface area contributed by atoms with E-state index >= 15 is 0 Å². The van der Waals surface area contributed by atoms with Crippen LogP contribution in [0.25, 0.3) is 11.3 Å². The number of hydrogen-bond acceptors (Lipinski definition) is 3. The van der Waals surface area contributed by atoms with Crippen molar-refractivity contribution < 1.29 is 9.47 Å². The van der Waals surface area contributed by atoms with E-state index in [1.54, 1.807) is 7.11 Å². The molecule has 0 spiro atoms. The summed E-state index contributed by atoms with van der Waals surface area (Å²) in [6.45, 7) is 3.74. The van der Waals surface area contributed by atoms with Crippen molar-refractivity contribution in [2.45, 2.75) is 25.8 Å². The van der Waals surface area contributed by atoms with Gasteiger partial charge in [-0.25, -0.2) is 4.98 Å². The van der Waals surface area contributed by atoms with Gasteiger partial charge in [0, 0.05) is 31.0 Å². The van der Waals surface area contributed by atoms with Crippen LogP contribution >= 0.6 is 0 Å². The number of aryl methyl sites for hydroxylation is 1. The van der Waals surface area contributed by atoms with Gasteiger partial charge in [-0.1, -0.05) is 6.07 Å². The molecular weight excluding hydrogens is 252 g/mol. The molecule has 1 aromatic heterocycles. The monoisotopic (exact) mass is 272 g/mol. The van der Waals surface area contributed by atoms with Gasteiger partial charge in [0.1, 0.15) is 5.75 Å². The van der Waals surface area contributed by atoms with Crippen molar-refractivity contribution in [3.8, 4) is 17.0 Å². The zero-order valence-corrected chi connectivity index (χ0v) is 12.0. The van der Waals surface area contributed by atoms with E-state index in [1.807, 2.05) is 12.4 Å². The van der Waals surface area contributed by atoms with Crippen LogP contribution in [0, 0.1) is 6.92 Å². The molecule has 0 aliphatic carbocycles. The fraction of sp³-hybridized carbons (Fsp3) is 0.438. The maximum atomic E-state index is 5.47. The maximum absolute atomic E-state index is 5.47. The lowest BCUT2D eigenvalue weighted by atomic mass is 10.1. The second kappa shape index (κ2) is 5.67. The van der Waals surface area contributed by atoms with Crippen LogP contribution in [-0.4, -0.2) is 29.9 Å². The number of methoxy groups -OCH3 is 1. The number of hydrogen-bond donors (Lipinski definition) is 0. The first-order valence-corrected chi connectivity index (χ1v) is 7.04. The van der Waals surface area contributed by atoms with Gasteiger partial charge in [0.15, 0.2) is 0 Å². The first-order chi connectivity index (χ1) is 9.78. The summed E-state index contributed by atoms with van der Waals surface area (Å²) in [5.74, 6) is 0.877. The lowest BCUT2D eigenvalue weighted by Gasteiger charge is -2.22. The molecule has 1 aromatic carbocycles. The molecule has 4 nitrogen and oxygen atoms in total. The van der Waals surface area contributed by atoms with Crippen LogP contribution in [0.15, 0.2) is 30.7 Å². The first kappa shape index (κ1) is 13.2. The maximum Gasteiger partial charge on any atom is 0.128 e. The highest BCUT2D eigenvalue weighted by Crippen LogP contribution is 2.31. The van der Waals surface area contributed by atoms with Gasteiger partial charge in [0.2, 0.25) is 0 Å². The molecule has 1 saturated heterocycles. The number of imidazole rings is 1. The second-order valence-corrected chi connectivity index (χ2v) is 5.25. The average Bonchev–Trinajstić information content (AvgIpc) is 2.97. The van der Waals surface area contributed by atoms with Crippen LogP contribution in [0.4, 0.5) is 0 Å². The van der Waals surface area contributed by atoms with Crippen LogP contribution in [0.2, 0.25) is 0 Å². The Hall–Kier alpha value is -1.81. The summed E-state index contributed by atoms with van der Waals surface area (Å²) in [6.07, 6.45) is 6.15. The molecule has 0 N–H and O–H groups in total. The van der Waals surface area contributed by atoms with Crippen molar-refractivity contribution in [2.75, 3.05) is 20.3 Å². The first-order valence-electron chi connectivity index (χ1n) is 7.04. The summed E-state index contributed by atoms with van der Waals surface area (Å²) >= 11 is 0. The Balaban J connectivity index is 1.89. The predicted molar refractivity (Wildman–Crippen MR) is 78.0 cm³/mol. The van der Waals surface area contributed by atoms with Gasteiger partial charge in [0.25, 0.3) is 0 Å². The number of benzene rings is 1. The molecule has 0 unspecified atom stereocenters. The van der Waals surface area contributed by atoms with Crippen molar-refractivity contribution in [3.05, 3.63) is 36.3 Å². The topological polar surface area (TPSA) is 36.3 Å². The Labute approximate surface area is 119 Å². The third kappa shape index (κ3) is 2.56. The standard InChI is InChI=1S/C16H20N2O2/c1-12-3-4-14(16(9-12)19-2)15-10-18(11-17-15)13-5-7-20-8-6-13/h3-4,9-11,13H,5-8H2,1-2H3. The van der Waals surface area contributed by atoms with E-state index in [9.17, 15) is 0 Å². The Morgan fingerprint density at radius 3 is 2.85 bits per heavy atom. The van der Waals surface area contributed by atoms with Crippen LogP contribution < -0.4 is 4.74 Å². The highest BCUT2D eigenvalue weighted by molar-refractivity contribution is 5.67. The summed E-state index contributed by atoms with van der Waals surface area (Å²) in [7, 11) is 1.70. The van der Waals surface area contributed by atoms with Crippen LogP contribution in [-0.2, 0) is 4.74 Å². The van der Waals surface area contributed by atoms with E-state index in [0.29, 0.717) is 6.04 Å². The smallest absolute Gasteiger partial charge is 0.128 e. The van der Waals surface area contributed by atoms with Crippen molar-refractivity contribution in [2.24, 2.45) is 0 Å². The van der Waals surface area contributed by atoms with E-state index in [1.165, 1.54) is 5.56 Å². The van der Waals surface area contributed by atoms with Crippen molar-refractivity contribution in [3.63, 3.8) is 0 Å². The van der Waals surface area contributed by atoms with E-state index < -0.39 is 0 Å². The largest absolute Gasteiger partial charge is 0.496 e. The minimum Gasteiger partial charge on any atom is -0.496 e. The lowest BCUT2D eigenvalue weighted by molar-refractivity contribution is 0.0696. The average molecular weight is 272 g/mol. The molecule has 2 aromatic rings. The van der Waals surface area contributed by atoms with E-state index in [-0.39, 0.29) is 0 Å². The molecular formula is C16H20N2O2. The highest BCUT2D eigenvalue weighted by atomic mass is 16.5. The Morgan fingerprint density at radius 1 is 1.30 bits per heavy atom. The van der Waals surface area contributed by atoms with Crippen molar-refractivity contribution in [1.29, 1.82) is 0 Å². The molecule has 2 heterocycles. The second-order valence-electron chi connectivity index (χ2n) is 5.25. The minimum atomic E-state index is 0.501. The molecule has 3 rings (SSSR count). The van der Waals surface area contributed by atoms with Crippen molar-refractivity contribution >= 4 is 0 Å². The fourth-order valence-corrected chi connectivity index (χ4v) is 2.67. The summed E-state index contributed by atoms with van der Waals surface area (Å²) in [5.41, 5.74) is 3.20. The molecule has 0 atom stereocenters. The molecule has 0 saturated carbocycles. The molecule has 1 aliphatic rings. The molecule has 0 bridgehead atoms. The lowest BCUT2D eigenvalue weighted by Crippen LogP contribution is -2.18. The van der Waals surface area contributed by atoms with E-state index in [2.05, 4.69) is 34.8 Å². The molecule has 20 heavy (non-hydrogen) atoms. The summed E-state index contributed by atoms with van der Waals surface area (Å²) in [5, 5.41) is 0. The van der Waals surface area contributed by atoms with Gasteiger partial charge in [-0.2, -0.15) is 0 Å². The van der Waals surface area contributed by atoms with Gasteiger partial charge in [-0.05, 0) is 37.5 Å². The van der Waals surface area contributed by atoms with Crippen LogP contribution in [0.5, 0.6) is 5.75 Å². The SMILES string of the molecule is COc1cc(C)ccc1-c1cn(C2CCOCC2)cn1. The molecule has 106 valence electrons. The Morgan fingerprint density at radius 2 is 2.10 bits per heavy atom. The van der Waals surface area contributed by atoms with E-state index in [4.69, 9.17) is 9.47 Å². The molecule has 4 heteroatoms. The molecule has 1 fully saturated rings. The highest BCUT2D eigenvalue weighted by Gasteiger charge is 2.17. The van der Waals surface area contributed by atoms with Gasteiger partial charge < -0.3 is 14.0 Å². The number of nitrogens with zero attached hydrogens (tertiary/aromatic N) is 2. The normalized spacial score (nSPS) is 16.3. The summed E-state index contributed by atoms with van der Waals surface area (Å²) in [6, 6.07) is 6.71. The third-order valence-electron chi connectivity index (χ3n) is 3.85. The number of ether oxygens (including phenoxy) is 2.